The molecule has 0 aliphatic carbocycles. The van der Waals surface area contributed by atoms with E-state index in [1.807, 2.05) is 48.5 Å². The number of nitrogens with zero attached hydrogens (tertiary/aromatic N) is 4. The molecule has 172 valence electrons. The van der Waals surface area contributed by atoms with E-state index in [2.05, 4.69) is 15.3 Å². The summed E-state index contributed by atoms with van der Waals surface area (Å²) in [6, 6.07) is 15.5. The van der Waals surface area contributed by atoms with Crippen LogP contribution in [0.4, 0.5) is 5.82 Å². The minimum absolute atomic E-state index is 0.478. The SMILES string of the molecule is [B]c1cnn2c(NCC3CCCN(Cc4cccc(Cl)c4Cl)C3)cc(-c3ccccc3Cl)nc12. The molecular weight excluding hydrogens is 487 g/mol. The van der Waals surface area contributed by atoms with Gasteiger partial charge in [-0.1, -0.05) is 65.1 Å². The van der Waals surface area contributed by atoms with Gasteiger partial charge in [0.25, 0.3) is 0 Å². The van der Waals surface area contributed by atoms with Crippen molar-refractivity contribution < 1.29 is 0 Å². The molecule has 9 heteroatoms. The summed E-state index contributed by atoms with van der Waals surface area (Å²) in [5.74, 6) is 1.32. The maximum atomic E-state index is 6.44. The fraction of sp³-hybridized carbons (Fsp3) is 0.280. The Labute approximate surface area is 215 Å². The number of hydrogen-bond acceptors (Lipinski definition) is 4. The Hall–Kier alpha value is -2.25. The lowest BCUT2D eigenvalue weighted by molar-refractivity contribution is 0.173. The van der Waals surface area contributed by atoms with Crippen molar-refractivity contribution in [1.82, 2.24) is 19.5 Å². The third-order valence-corrected chi connectivity index (χ3v) is 7.44. The standard InChI is InChI=1S/C25H23BCl3N5/c26-19-13-31-34-23(11-22(32-25(19)34)18-7-1-2-8-20(18)27)30-12-16-5-4-10-33(14-16)15-17-6-3-9-21(28)24(17)29/h1-3,6-9,11,13,16,30H,4-5,10,12,14-15H2. The number of fused-ring (bicyclic) bond motifs is 1. The number of nitrogens with one attached hydrogen (secondary N) is 1. The monoisotopic (exact) mass is 509 g/mol. The minimum atomic E-state index is 0.478. The van der Waals surface area contributed by atoms with Gasteiger partial charge in [-0.05, 0) is 48.5 Å². The van der Waals surface area contributed by atoms with Gasteiger partial charge in [0, 0.05) is 42.5 Å². The van der Waals surface area contributed by atoms with Crippen molar-refractivity contribution >= 4 is 59.6 Å². The van der Waals surface area contributed by atoms with Crippen LogP contribution in [0.3, 0.4) is 0 Å². The number of anilines is 1. The molecule has 3 heterocycles. The summed E-state index contributed by atoms with van der Waals surface area (Å²) in [5.41, 5.74) is 3.82. The molecule has 0 bridgehead atoms. The van der Waals surface area contributed by atoms with Crippen LogP contribution in [0.2, 0.25) is 15.1 Å². The molecule has 1 saturated heterocycles. The van der Waals surface area contributed by atoms with Crippen LogP contribution in [0, 0.1) is 5.92 Å². The predicted molar refractivity (Wildman–Crippen MR) is 142 cm³/mol. The topological polar surface area (TPSA) is 45.5 Å². The lowest BCUT2D eigenvalue weighted by atomic mass is 9.97. The molecule has 34 heavy (non-hydrogen) atoms. The van der Waals surface area contributed by atoms with E-state index in [4.69, 9.17) is 47.6 Å². The Bertz CT molecular complexity index is 1330. The molecule has 1 N–H and O–H groups in total. The first kappa shape index (κ1) is 23.5. The second-order valence-electron chi connectivity index (χ2n) is 8.68. The zero-order valence-corrected chi connectivity index (χ0v) is 20.8. The zero-order valence-electron chi connectivity index (χ0n) is 18.5. The Morgan fingerprint density at radius 3 is 2.74 bits per heavy atom. The fourth-order valence-corrected chi connectivity index (χ4v) is 5.15. The Morgan fingerprint density at radius 2 is 1.88 bits per heavy atom. The van der Waals surface area contributed by atoms with Gasteiger partial charge in [-0.15, -0.1) is 0 Å². The lowest BCUT2D eigenvalue weighted by Gasteiger charge is -2.33. The van der Waals surface area contributed by atoms with Crippen molar-refractivity contribution in [1.29, 1.82) is 0 Å². The molecule has 2 aromatic carbocycles. The summed E-state index contributed by atoms with van der Waals surface area (Å²) in [4.78, 5) is 7.16. The highest BCUT2D eigenvalue weighted by Gasteiger charge is 2.22. The maximum Gasteiger partial charge on any atom is 0.150 e. The molecule has 0 saturated carbocycles. The smallest absolute Gasteiger partial charge is 0.150 e. The largest absolute Gasteiger partial charge is 0.370 e. The Kier molecular flexibility index (Phi) is 7.02. The summed E-state index contributed by atoms with van der Waals surface area (Å²) in [7, 11) is 6.15. The quantitative estimate of drug-likeness (QED) is 0.349. The number of halogens is 3. The number of benzene rings is 2. The highest BCUT2D eigenvalue weighted by molar-refractivity contribution is 6.42. The molecular formula is C25H23BCl3N5. The molecule has 5 nitrogen and oxygen atoms in total. The van der Waals surface area contributed by atoms with Crippen LogP contribution in [0.5, 0.6) is 0 Å². The van der Waals surface area contributed by atoms with Crippen molar-refractivity contribution in [2.45, 2.75) is 19.4 Å². The first-order chi connectivity index (χ1) is 16.5. The fourth-order valence-electron chi connectivity index (χ4n) is 4.53. The summed E-state index contributed by atoms with van der Waals surface area (Å²) in [6.45, 7) is 3.62. The third kappa shape index (κ3) is 4.91. The molecule has 2 aromatic heterocycles. The van der Waals surface area contributed by atoms with E-state index in [1.54, 1.807) is 10.7 Å². The maximum absolute atomic E-state index is 6.44. The summed E-state index contributed by atoms with van der Waals surface area (Å²) < 4.78 is 1.75. The van der Waals surface area contributed by atoms with Crippen LogP contribution in [-0.2, 0) is 6.54 Å². The first-order valence-corrected chi connectivity index (χ1v) is 12.4. The van der Waals surface area contributed by atoms with Gasteiger partial charge in [-0.3, -0.25) is 4.90 Å². The predicted octanol–water partition coefficient (Wildman–Crippen LogP) is 5.47. The van der Waals surface area contributed by atoms with Crippen LogP contribution in [-0.4, -0.2) is 47.0 Å². The Balaban J connectivity index is 1.33. The van der Waals surface area contributed by atoms with E-state index in [9.17, 15) is 0 Å². The van der Waals surface area contributed by atoms with Gasteiger partial charge in [0.2, 0.25) is 0 Å². The molecule has 2 radical (unpaired) electrons. The van der Waals surface area contributed by atoms with Gasteiger partial charge in [0.05, 0.1) is 15.7 Å². The average Bonchev–Trinajstić information content (AvgIpc) is 3.22. The number of rotatable bonds is 6. The molecule has 1 atom stereocenters. The van der Waals surface area contributed by atoms with E-state index in [0.29, 0.717) is 32.1 Å². The second kappa shape index (κ2) is 10.2. The van der Waals surface area contributed by atoms with E-state index >= 15 is 0 Å². The van der Waals surface area contributed by atoms with Crippen molar-refractivity contribution in [2.75, 3.05) is 25.0 Å². The van der Waals surface area contributed by atoms with Crippen LogP contribution in [0.25, 0.3) is 16.9 Å². The number of aromatic nitrogens is 3. The highest BCUT2D eigenvalue weighted by atomic mass is 35.5. The molecule has 4 aromatic rings. The van der Waals surface area contributed by atoms with Gasteiger partial charge < -0.3 is 5.32 Å². The number of piperidine rings is 1. The van der Waals surface area contributed by atoms with E-state index in [0.717, 1.165) is 61.7 Å². The molecule has 1 aliphatic rings. The average molecular weight is 511 g/mol. The van der Waals surface area contributed by atoms with Crippen LogP contribution >= 0.6 is 34.8 Å². The van der Waals surface area contributed by atoms with Gasteiger partial charge >= 0.3 is 0 Å². The summed E-state index contributed by atoms with van der Waals surface area (Å²) >= 11 is 19.1. The molecule has 1 unspecified atom stereocenters. The van der Waals surface area contributed by atoms with Crippen molar-refractivity contribution in [3.05, 3.63) is 75.4 Å². The number of likely N-dealkylation sites (tertiary alicyclic amines) is 1. The highest BCUT2D eigenvalue weighted by Crippen LogP contribution is 2.30. The summed E-state index contributed by atoms with van der Waals surface area (Å²) in [6.07, 6.45) is 3.91. The lowest BCUT2D eigenvalue weighted by Crippen LogP contribution is -2.37. The zero-order chi connectivity index (χ0) is 23.7. The van der Waals surface area contributed by atoms with Gasteiger partial charge in [0.1, 0.15) is 13.7 Å². The van der Waals surface area contributed by atoms with E-state index in [1.165, 1.54) is 0 Å². The summed E-state index contributed by atoms with van der Waals surface area (Å²) in [5, 5.41) is 9.91. The Morgan fingerprint density at radius 1 is 1.06 bits per heavy atom. The normalized spacial score (nSPS) is 16.7. The first-order valence-electron chi connectivity index (χ1n) is 11.3. The van der Waals surface area contributed by atoms with E-state index in [-0.39, 0.29) is 0 Å². The van der Waals surface area contributed by atoms with Crippen molar-refractivity contribution in [3.63, 3.8) is 0 Å². The molecule has 1 aliphatic heterocycles. The second-order valence-corrected chi connectivity index (χ2v) is 9.87. The molecule has 5 rings (SSSR count). The molecule has 0 amide bonds. The van der Waals surface area contributed by atoms with Crippen LogP contribution in [0.1, 0.15) is 18.4 Å². The van der Waals surface area contributed by atoms with Crippen LogP contribution < -0.4 is 10.8 Å². The molecule has 0 spiro atoms. The minimum Gasteiger partial charge on any atom is -0.370 e. The van der Waals surface area contributed by atoms with Crippen molar-refractivity contribution in [2.24, 2.45) is 5.92 Å². The van der Waals surface area contributed by atoms with Gasteiger partial charge in [-0.25, -0.2) is 4.98 Å². The van der Waals surface area contributed by atoms with E-state index < -0.39 is 0 Å². The van der Waals surface area contributed by atoms with Gasteiger partial charge in [-0.2, -0.15) is 9.61 Å². The van der Waals surface area contributed by atoms with Gasteiger partial charge in [0.15, 0.2) is 5.65 Å². The molecule has 1 fully saturated rings. The number of hydrogen-bond donors (Lipinski definition) is 1. The third-order valence-electron chi connectivity index (χ3n) is 6.25. The van der Waals surface area contributed by atoms with Crippen LogP contribution in [0.15, 0.2) is 54.7 Å². The van der Waals surface area contributed by atoms with Crippen molar-refractivity contribution in [3.8, 4) is 11.3 Å².